The second-order valence-electron chi connectivity index (χ2n) is 8.50. The molecular weight excluding hydrogens is 408 g/mol. The SMILES string of the molecule is CC1CCC2(CC1)NC(=O)N(CC(=O)Nc1ccccc1C(=O)Nc1ccccc1)C2=O. The van der Waals surface area contributed by atoms with Crippen LogP contribution >= 0.6 is 0 Å². The van der Waals surface area contributed by atoms with Crippen molar-refractivity contribution in [2.45, 2.75) is 38.1 Å². The number of anilines is 2. The smallest absolute Gasteiger partial charge is 0.324 e. The monoisotopic (exact) mass is 434 g/mol. The van der Waals surface area contributed by atoms with E-state index in [-0.39, 0.29) is 17.4 Å². The summed E-state index contributed by atoms with van der Waals surface area (Å²) in [6.07, 6.45) is 2.88. The highest BCUT2D eigenvalue weighted by molar-refractivity contribution is 6.12. The van der Waals surface area contributed by atoms with Crippen LogP contribution in [0.4, 0.5) is 16.2 Å². The Morgan fingerprint density at radius 1 is 1.00 bits per heavy atom. The normalized spacial score (nSPS) is 22.5. The zero-order valence-corrected chi connectivity index (χ0v) is 17.9. The Balaban J connectivity index is 1.43. The number of hydrogen-bond acceptors (Lipinski definition) is 4. The predicted molar refractivity (Wildman–Crippen MR) is 120 cm³/mol. The Morgan fingerprint density at radius 2 is 1.66 bits per heavy atom. The molecular formula is C24H26N4O4. The summed E-state index contributed by atoms with van der Waals surface area (Å²) in [5.74, 6) is -0.757. The van der Waals surface area contributed by atoms with E-state index in [0.29, 0.717) is 30.1 Å². The lowest BCUT2D eigenvalue weighted by Crippen LogP contribution is -2.49. The molecule has 0 atom stereocenters. The van der Waals surface area contributed by atoms with Gasteiger partial charge < -0.3 is 16.0 Å². The van der Waals surface area contributed by atoms with Crippen LogP contribution in [0.2, 0.25) is 0 Å². The second kappa shape index (κ2) is 8.82. The van der Waals surface area contributed by atoms with E-state index in [1.165, 1.54) is 0 Å². The summed E-state index contributed by atoms with van der Waals surface area (Å²) in [7, 11) is 0. The van der Waals surface area contributed by atoms with Crippen LogP contribution in [-0.2, 0) is 9.59 Å². The highest BCUT2D eigenvalue weighted by Crippen LogP contribution is 2.36. The minimum Gasteiger partial charge on any atom is -0.324 e. The Morgan fingerprint density at radius 3 is 2.38 bits per heavy atom. The van der Waals surface area contributed by atoms with Gasteiger partial charge in [0.25, 0.3) is 11.8 Å². The highest BCUT2D eigenvalue weighted by atomic mass is 16.2. The maximum atomic E-state index is 13.0. The van der Waals surface area contributed by atoms with E-state index in [1.54, 1.807) is 48.5 Å². The van der Waals surface area contributed by atoms with Crippen LogP contribution in [0.5, 0.6) is 0 Å². The van der Waals surface area contributed by atoms with Gasteiger partial charge >= 0.3 is 6.03 Å². The third kappa shape index (κ3) is 4.34. The Labute approximate surface area is 186 Å². The molecule has 32 heavy (non-hydrogen) atoms. The molecule has 0 radical (unpaired) electrons. The van der Waals surface area contributed by atoms with Crippen LogP contribution in [0.25, 0.3) is 0 Å². The van der Waals surface area contributed by atoms with E-state index >= 15 is 0 Å². The highest BCUT2D eigenvalue weighted by Gasteiger charge is 2.52. The number of para-hydroxylation sites is 2. The summed E-state index contributed by atoms with van der Waals surface area (Å²) < 4.78 is 0. The standard InChI is InChI=1S/C24H26N4O4/c1-16-11-13-24(14-12-16)22(31)28(23(32)27-24)15-20(29)26-19-10-6-5-9-18(19)21(30)25-17-7-3-2-4-8-17/h2-10,16H,11-15H2,1H3,(H,25,30)(H,26,29)(H,27,32). The topological polar surface area (TPSA) is 108 Å². The van der Waals surface area contributed by atoms with Gasteiger partial charge in [-0.1, -0.05) is 37.3 Å². The first-order chi connectivity index (χ1) is 15.4. The van der Waals surface area contributed by atoms with Gasteiger partial charge in [-0.3, -0.25) is 19.3 Å². The zero-order valence-electron chi connectivity index (χ0n) is 17.9. The van der Waals surface area contributed by atoms with Crippen LogP contribution in [0.15, 0.2) is 54.6 Å². The van der Waals surface area contributed by atoms with Crippen LogP contribution in [0.1, 0.15) is 43.0 Å². The summed E-state index contributed by atoms with van der Waals surface area (Å²) in [5.41, 5.74) is 0.320. The molecule has 2 aromatic carbocycles. The van der Waals surface area contributed by atoms with Crippen molar-refractivity contribution in [2.24, 2.45) is 5.92 Å². The number of benzene rings is 2. The summed E-state index contributed by atoms with van der Waals surface area (Å²) in [6, 6.07) is 15.0. The van der Waals surface area contributed by atoms with Crippen molar-refractivity contribution in [1.82, 2.24) is 10.2 Å². The van der Waals surface area contributed by atoms with E-state index in [0.717, 1.165) is 17.7 Å². The van der Waals surface area contributed by atoms with Crippen LogP contribution in [0.3, 0.4) is 0 Å². The van der Waals surface area contributed by atoms with Gasteiger partial charge in [0.05, 0.1) is 11.3 Å². The van der Waals surface area contributed by atoms with Crippen molar-refractivity contribution in [1.29, 1.82) is 0 Å². The number of nitrogens with one attached hydrogen (secondary N) is 3. The molecule has 3 N–H and O–H groups in total. The lowest BCUT2D eigenvalue weighted by atomic mass is 9.77. The molecule has 0 bridgehead atoms. The fourth-order valence-corrected chi connectivity index (χ4v) is 4.26. The van der Waals surface area contributed by atoms with E-state index in [9.17, 15) is 19.2 Å². The van der Waals surface area contributed by atoms with Gasteiger partial charge in [-0.25, -0.2) is 4.79 Å². The maximum Gasteiger partial charge on any atom is 0.325 e. The van der Waals surface area contributed by atoms with Gasteiger partial charge in [-0.15, -0.1) is 0 Å². The van der Waals surface area contributed by atoms with Crippen molar-refractivity contribution in [2.75, 3.05) is 17.2 Å². The van der Waals surface area contributed by atoms with E-state index in [4.69, 9.17) is 0 Å². The lowest BCUT2D eigenvalue weighted by Gasteiger charge is -2.33. The average Bonchev–Trinajstić information content (AvgIpc) is 3.01. The molecule has 0 unspecified atom stereocenters. The largest absolute Gasteiger partial charge is 0.325 e. The first-order valence-electron chi connectivity index (χ1n) is 10.8. The van der Waals surface area contributed by atoms with Crippen molar-refractivity contribution in [3.8, 4) is 0 Å². The summed E-state index contributed by atoms with van der Waals surface area (Å²) in [4.78, 5) is 51.8. The number of imide groups is 1. The molecule has 1 spiro atoms. The first kappa shape index (κ1) is 21.5. The minimum atomic E-state index is -0.892. The van der Waals surface area contributed by atoms with E-state index in [1.807, 2.05) is 6.07 Å². The Kier molecular flexibility index (Phi) is 5.94. The Bertz CT molecular complexity index is 1040. The number of carbonyl (C=O) groups excluding carboxylic acids is 4. The lowest BCUT2D eigenvalue weighted by molar-refractivity contribution is -0.135. The molecule has 8 nitrogen and oxygen atoms in total. The molecule has 5 amide bonds. The average molecular weight is 434 g/mol. The molecule has 8 heteroatoms. The number of carbonyl (C=O) groups is 4. The molecule has 2 fully saturated rings. The molecule has 1 saturated heterocycles. The van der Waals surface area contributed by atoms with Gasteiger partial charge in [0.15, 0.2) is 0 Å². The van der Waals surface area contributed by atoms with Gasteiger partial charge in [-0.2, -0.15) is 0 Å². The van der Waals surface area contributed by atoms with Crippen molar-refractivity contribution in [3.05, 3.63) is 60.2 Å². The zero-order chi connectivity index (χ0) is 22.7. The summed E-state index contributed by atoms with van der Waals surface area (Å²) >= 11 is 0. The van der Waals surface area contributed by atoms with Crippen LogP contribution < -0.4 is 16.0 Å². The van der Waals surface area contributed by atoms with Crippen LogP contribution in [-0.4, -0.2) is 40.7 Å². The number of urea groups is 1. The summed E-state index contributed by atoms with van der Waals surface area (Å²) in [5, 5.41) is 8.26. The van der Waals surface area contributed by atoms with Crippen LogP contribution in [0, 0.1) is 5.92 Å². The molecule has 1 heterocycles. The van der Waals surface area contributed by atoms with Crippen molar-refractivity contribution < 1.29 is 19.2 Å². The second-order valence-corrected chi connectivity index (χ2v) is 8.50. The van der Waals surface area contributed by atoms with Crippen molar-refractivity contribution >= 4 is 35.1 Å². The summed E-state index contributed by atoms with van der Waals surface area (Å²) in [6.45, 7) is 1.72. The van der Waals surface area contributed by atoms with E-state index < -0.39 is 24.0 Å². The van der Waals surface area contributed by atoms with E-state index in [2.05, 4.69) is 22.9 Å². The number of hydrogen-bond donors (Lipinski definition) is 3. The number of nitrogens with zero attached hydrogens (tertiary/aromatic N) is 1. The third-order valence-electron chi connectivity index (χ3n) is 6.15. The fraction of sp³-hybridized carbons (Fsp3) is 0.333. The molecule has 4 rings (SSSR count). The molecule has 1 aliphatic heterocycles. The number of rotatable bonds is 5. The maximum absolute atomic E-state index is 13.0. The molecule has 1 aliphatic carbocycles. The fourth-order valence-electron chi connectivity index (χ4n) is 4.26. The van der Waals surface area contributed by atoms with Gasteiger partial charge in [0.2, 0.25) is 5.91 Å². The molecule has 166 valence electrons. The molecule has 1 saturated carbocycles. The van der Waals surface area contributed by atoms with Gasteiger partial charge in [0, 0.05) is 5.69 Å². The number of amides is 5. The third-order valence-corrected chi connectivity index (χ3v) is 6.15. The van der Waals surface area contributed by atoms with Crippen molar-refractivity contribution in [3.63, 3.8) is 0 Å². The van der Waals surface area contributed by atoms with Gasteiger partial charge in [-0.05, 0) is 55.9 Å². The quantitative estimate of drug-likeness (QED) is 0.627. The Hall–Kier alpha value is -3.68. The van der Waals surface area contributed by atoms with Gasteiger partial charge in [0.1, 0.15) is 12.1 Å². The molecule has 2 aliphatic rings. The first-order valence-corrected chi connectivity index (χ1v) is 10.8. The predicted octanol–water partition coefficient (Wildman–Crippen LogP) is 3.38. The molecule has 2 aromatic rings. The molecule has 0 aromatic heterocycles. The minimum absolute atomic E-state index is 0.277.